The number of anilines is 2. The van der Waals surface area contributed by atoms with Gasteiger partial charge in [0.1, 0.15) is 5.82 Å². The first-order valence-electron chi connectivity index (χ1n) is 5.20. The first kappa shape index (κ1) is 11.6. The van der Waals surface area contributed by atoms with Crippen LogP contribution in [0.2, 0.25) is 0 Å². The molecule has 17 heavy (non-hydrogen) atoms. The van der Waals surface area contributed by atoms with Crippen LogP contribution in [0.4, 0.5) is 11.5 Å². The molecule has 0 unspecified atom stereocenters. The predicted octanol–water partition coefficient (Wildman–Crippen LogP) is 2.75. The number of aryl methyl sites for hydroxylation is 1. The van der Waals surface area contributed by atoms with Crippen molar-refractivity contribution in [2.75, 3.05) is 17.7 Å². The Labute approximate surface area is 104 Å². The van der Waals surface area contributed by atoms with E-state index in [0.29, 0.717) is 5.69 Å². The zero-order valence-corrected chi connectivity index (χ0v) is 10.5. The Morgan fingerprint density at radius 3 is 2.71 bits per heavy atom. The molecule has 0 radical (unpaired) electrons. The molecular weight excluding hydrogens is 234 g/mol. The van der Waals surface area contributed by atoms with Gasteiger partial charge < -0.3 is 10.6 Å². The zero-order valence-electron chi connectivity index (χ0n) is 9.65. The second-order valence-corrected chi connectivity index (χ2v) is 4.49. The maximum atomic E-state index is 11.9. The number of nitrogens with zero attached hydrogens (tertiary/aromatic N) is 1. The summed E-state index contributed by atoms with van der Waals surface area (Å²) >= 11 is 1.44. The van der Waals surface area contributed by atoms with Crippen molar-refractivity contribution in [1.82, 2.24) is 4.98 Å². The van der Waals surface area contributed by atoms with Crippen molar-refractivity contribution in [3.05, 3.63) is 40.2 Å². The van der Waals surface area contributed by atoms with Gasteiger partial charge in [0.25, 0.3) is 5.91 Å². The fraction of sp³-hybridized carbons (Fsp3) is 0.167. The van der Waals surface area contributed by atoms with Crippen LogP contribution in [0.5, 0.6) is 0 Å². The van der Waals surface area contributed by atoms with Gasteiger partial charge in [-0.1, -0.05) is 0 Å². The molecule has 2 aromatic heterocycles. The Balaban J connectivity index is 2.10. The van der Waals surface area contributed by atoms with Crippen LogP contribution in [0.25, 0.3) is 0 Å². The Morgan fingerprint density at radius 2 is 2.18 bits per heavy atom. The third-order valence-corrected chi connectivity index (χ3v) is 3.36. The number of amides is 1. The molecule has 0 saturated heterocycles. The Kier molecular flexibility index (Phi) is 3.39. The molecule has 0 fully saturated rings. The summed E-state index contributed by atoms with van der Waals surface area (Å²) in [7, 11) is 1.80. The topological polar surface area (TPSA) is 54.0 Å². The highest BCUT2D eigenvalue weighted by molar-refractivity contribution is 7.12. The minimum absolute atomic E-state index is 0.0866. The number of pyridine rings is 1. The van der Waals surface area contributed by atoms with E-state index in [0.717, 1.165) is 16.3 Å². The summed E-state index contributed by atoms with van der Waals surface area (Å²) in [4.78, 5) is 16.8. The van der Waals surface area contributed by atoms with Crippen LogP contribution in [0.15, 0.2) is 29.8 Å². The van der Waals surface area contributed by atoms with Gasteiger partial charge in [0.2, 0.25) is 0 Å². The summed E-state index contributed by atoms with van der Waals surface area (Å²) < 4.78 is 0. The summed E-state index contributed by atoms with van der Waals surface area (Å²) in [5.41, 5.74) is 1.69. The van der Waals surface area contributed by atoms with Crippen molar-refractivity contribution in [3.8, 4) is 0 Å². The van der Waals surface area contributed by atoms with Crippen LogP contribution in [-0.4, -0.2) is 17.9 Å². The minimum atomic E-state index is -0.0866. The van der Waals surface area contributed by atoms with Crippen LogP contribution in [0.3, 0.4) is 0 Å². The average molecular weight is 247 g/mol. The lowest BCUT2D eigenvalue weighted by molar-refractivity contribution is 0.103. The van der Waals surface area contributed by atoms with E-state index in [9.17, 15) is 4.79 Å². The normalized spacial score (nSPS) is 10.0. The molecule has 2 rings (SSSR count). The van der Waals surface area contributed by atoms with E-state index in [1.54, 1.807) is 13.2 Å². The van der Waals surface area contributed by atoms with Crippen LogP contribution in [-0.2, 0) is 0 Å². The lowest BCUT2D eigenvalue weighted by atomic mass is 10.3. The lowest BCUT2D eigenvalue weighted by Gasteiger charge is -2.05. The highest BCUT2D eigenvalue weighted by atomic mass is 32.1. The molecule has 0 aliphatic heterocycles. The number of hydrogen-bond acceptors (Lipinski definition) is 4. The van der Waals surface area contributed by atoms with Crippen LogP contribution < -0.4 is 10.6 Å². The van der Waals surface area contributed by atoms with Crippen molar-refractivity contribution < 1.29 is 4.79 Å². The number of thiophene rings is 1. The second kappa shape index (κ2) is 4.97. The Hall–Kier alpha value is -1.88. The number of aromatic nitrogens is 1. The standard InChI is InChI=1S/C12H13N3OS/c1-8-5-6-17-11(8)12(16)15-9-3-4-10(13-2)14-7-9/h3-7H,1-2H3,(H,13,14)(H,15,16). The van der Waals surface area contributed by atoms with Gasteiger partial charge in [-0.2, -0.15) is 0 Å². The molecule has 0 saturated carbocycles. The van der Waals surface area contributed by atoms with Crippen molar-refractivity contribution in [2.45, 2.75) is 6.92 Å². The fourth-order valence-electron chi connectivity index (χ4n) is 1.41. The summed E-state index contributed by atoms with van der Waals surface area (Å²) in [6.07, 6.45) is 1.63. The van der Waals surface area contributed by atoms with E-state index in [1.165, 1.54) is 11.3 Å². The molecule has 5 heteroatoms. The number of hydrogen-bond donors (Lipinski definition) is 2. The van der Waals surface area contributed by atoms with E-state index in [2.05, 4.69) is 15.6 Å². The minimum Gasteiger partial charge on any atom is -0.373 e. The highest BCUT2D eigenvalue weighted by Gasteiger charge is 2.10. The molecule has 0 spiro atoms. The first-order valence-corrected chi connectivity index (χ1v) is 6.08. The molecule has 2 aromatic rings. The molecule has 88 valence electrons. The van der Waals surface area contributed by atoms with Crippen LogP contribution >= 0.6 is 11.3 Å². The molecule has 0 aliphatic carbocycles. The third-order valence-electron chi connectivity index (χ3n) is 2.35. The van der Waals surface area contributed by atoms with E-state index in [-0.39, 0.29) is 5.91 Å². The van der Waals surface area contributed by atoms with E-state index < -0.39 is 0 Å². The van der Waals surface area contributed by atoms with Crippen molar-refractivity contribution >= 4 is 28.7 Å². The summed E-state index contributed by atoms with van der Waals surface area (Å²) in [6, 6.07) is 5.57. The van der Waals surface area contributed by atoms with Crippen molar-refractivity contribution in [2.24, 2.45) is 0 Å². The number of carbonyl (C=O) groups is 1. The van der Waals surface area contributed by atoms with Crippen LogP contribution in [0.1, 0.15) is 15.2 Å². The first-order chi connectivity index (χ1) is 8.20. The molecule has 0 aliphatic rings. The van der Waals surface area contributed by atoms with Gasteiger partial charge >= 0.3 is 0 Å². The molecule has 0 bridgehead atoms. The monoisotopic (exact) mass is 247 g/mol. The largest absolute Gasteiger partial charge is 0.373 e. The zero-order chi connectivity index (χ0) is 12.3. The molecule has 0 aromatic carbocycles. The van der Waals surface area contributed by atoms with Crippen molar-refractivity contribution in [1.29, 1.82) is 0 Å². The number of carbonyl (C=O) groups excluding carboxylic acids is 1. The van der Waals surface area contributed by atoms with Gasteiger partial charge in [0, 0.05) is 7.05 Å². The van der Waals surface area contributed by atoms with E-state index in [1.807, 2.05) is 30.5 Å². The summed E-state index contributed by atoms with van der Waals surface area (Å²) in [5, 5.41) is 7.65. The molecule has 2 heterocycles. The number of rotatable bonds is 3. The van der Waals surface area contributed by atoms with Gasteiger partial charge in [0.05, 0.1) is 16.8 Å². The van der Waals surface area contributed by atoms with E-state index in [4.69, 9.17) is 0 Å². The molecule has 2 N–H and O–H groups in total. The van der Waals surface area contributed by atoms with Gasteiger partial charge in [-0.3, -0.25) is 4.79 Å². The molecule has 0 atom stereocenters. The Bertz CT molecular complexity index is 519. The van der Waals surface area contributed by atoms with Crippen LogP contribution in [0, 0.1) is 6.92 Å². The second-order valence-electron chi connectivity index (χ2n) is 3.57. The van der Waals surface area contributed by atoms with Gasteiger partial charge in [-0.05, 0) is 36.1 Å². The summed E-state index contributed by atoms with van der Waals surface area (Å²) in [5.74, 6) is 0.687. The summed E-state index contributed by atoms with van der Waals surface area (Å²) in [6.45, 7) is 1.92. The van der Waals surface area contributed by atoms with Gasteiger partial charge in [-0.25, -0.2) is 4.98 Å². The fourth-order valence-corrected chi connectivity index (χ4v) is 2.23. The Morgan fingerprint density at radius 1 is 1.35 bits per heavy atom. The SMILES string of the molecule is CNc1ccc(NC(=O)c2sccc2C)cn1. The third kappa shape index (κ3) is 2.62. The predicted molar refractivity (Wildman–Crippen MR) is 70.8 cm³/mol. The maximum Gasteiger partial charge on any atom is 0.266 e. The highest BCUT2D eigenvalue weighted by Crippen LogP contribution is 2.18. The molecule has 1 amide bonds. The molecular formula is C12H13N3OS. The quantitative estimate of drug-likeness (QED) is 0.876. The molecule has 4 nitrogen and oxygen atoms in total. The van der Waals surface area contributed by atoms with Gasteiger partial charge in [0.15, 0.2) is 0 Å². The van der Waals surface area contributed by atoms with Crippen molar-refractivity contribution in [3.63, 3.8) is 0 Å². The van der Waals surface area contributed by atoms with Gasteiger partial charge in [-0.15, -0.1) is 11.3 Å². The average Bonchev–Trinajstić information content (AvgIpc) is 2.76. The lowest BCUT2D eigenvalue weighted by Crippen LogP contribution is -2.11. The smallest absolute Gasteiger partial charge is 0.266 e. The maximum absolute atomic E-state index is 11.9. The number of nitrogens with one attached hydrogen (secondary N) is 2. The van der Waals surface area contributed by atoms with E-state index >= 15 is 0 Å².